The van der Waals surface area contributed by atoms with Crippen molar-refractivity contribution in [1.82, 2.24) is 35.4 Å². The number of nitrogens with one attached hydrogen (secondary N) is 3. The molecule has 0 spiro atoms. The van der Waals surface area contributed by atoms with Crippen LogP contribution in [0.25, 0.3) is 10.9 Å². The first-order valence-corrected chi connectivity index (χ1v) is 8.10. The molecule has 2 aromatic heterocycles. The van der Waals surface area contributed by atoms with E-state index in [4.69, 9.17) is 0 Å². The molecule has 0 aliphatic heterocycles. The molecule has 130 valence electrons. The number of anilines is 1. The van der Waals surface area contributed by atoms with E-state index in [0.29, 0.717) is 19.6 Å². The molecule has 0 atom stereocenters. The van der Waals surface area contributed by atoms with Crippen LogP contribution in [-0.2, 0) is 13.1 Å². The quantitative estimate of drug-likeness (QED) is 0.557. The molecule has 1 aromatic carbocycles. The van der Waals surface area contributed by atoms with Crippen molar-refractivity contribution in [3.8, 4) is 0 Å². The van der Waals surface area contributed by atoms with Crippen molar-refractivity contribution in [2.45, 2.75) is 20.0 Å². The number of nitrogens with zero attached hydrogens (tertiary/aromatic N) is 5. The van der Waals surface area contributed by atoms with Crippen LogP contribution in [0.4, 0.5) is 10.6 Å². The van der Waals surface area contributed by atoms with Gasteiger partial charge in [0, 0.05) is 25.0 Å². The number of carbonyl (C=O) groups excluding carboxylic acids is 1. The second-order valence-corrected chi connectivity index (χ2v) is 5.31. The number of carbonyl (C=O) groups is 1. The highest BCUT2D eigenvalue weighted by atomic mass is 16.2. The number of rotatable bonds is 7. The Kier molecular flexibility index (Phi) is 5.35. The lowest BCUT2D eigenvalue weighted by molar-refractivity contribution is 0.240. The Morgan fingerprint density at radius 3 is 2.92 bits per heavy atom. The molecule has 0 saturated heterocycles. The van der Waals surface area contributed by atoms with E-state index in [2.05, 4.69) is 36.1 Å². The molecule has 0 aliphatic carbocycles. The minimum absolute atomic E-state index is 0.250. The van der Waals surface area contributed by atoms with Gasteiger partial charge in [0.05, 0.1) is 12.1 Å². The highest BCUT2D eigenvalue weighted by molar-refractivity contribution is 5.88. The van der Waals surface area contributed by atoms with Gasteiger partial charge in [-0.3, -0.25) is 0 Å². The number of benzene rings is 1. The molecule has 0 bridgehead atoms. The van der Waals surface area contributed by atoms with Crippen LogP contribution in [0.3, 0.4) is 0 Å². The third kappa shape index (κ3) is 4.19. The minimum Gasteiger partial charge on any atom is -0.368 e. The molecule has 0 fully saturated rings. The number of hydrogen-bond acceptors (Lipinski definition) is 6. The predicted molar refractivity (Wildman–Crippen MR) is 94.0 cm³/mol. The van der Waals surface area contributed by atoms with E-state index in [9.17, 15) is 4.79 Å². The maximum Gasteiger partial charge on any atom is 0.315 e. The van der Waals surface area contributed by atoms with E-state index in [-0.39, 0.29) is 6.03 Å². The Morgan fingerprint density at radius 2 is 2.04 bits per heavy atom. The molecule has 0 saturated carbocycles. The van der Waals surface area contributed by atoms with Crippen molar-refractivity contribution in [2.75, 3.05) is 18.4 Å². The fraction of sp³-hybridized carbons (Fsp3) is 0.312. The van der Waals surface area contributed by atoms with Crippen LogP contribution in [0.15, 0.2) is 36.9 Å². The molecular weight excluding hydrogens is 320 g/mol. The van der Waals surface area contributed by atoms with E-state index in [0.717, 1.165) is 29.1 Å². The smallest absolute Gasteiger partial charge is 0.315 e. The van der Waals surface area contributed by atoms with E-state index < -0.39 is 0 Å². The Bertz CT molecular complexity index is 842. The fourth-order valence-electron chi connectivity index (χ4n) is 2.40. The van der Waals surface area contributed by atoms with Crippen molar-refractivity contribution in [1.29, 1.82) is 0 Å². The maximum absolute atomic E-state index is 11.8. The van der Waals surface area contributed by atoms with Gasteiger partial charge in [-0.1, -0.05) is 12.1 Å². The monoisotopic (exact) mass is 340 g/mol. The van der Waals surface area contributed by atoms with Gasteiger partial charge >= 0.3 is 6.03 Å². The average molecular weight is 340 g/mol. The van der Waals surface area contributed by atoms with Crippen molar-refractivity contribution in [3.63, 3.8) is 0 Å². The summed E-state index contributed by atoms with van der Waals surface area (Å²) in [5, 5.41) is 17.5. The maximum atomic E-state index is 11.8. The van der Waals surface area contributed by atoms with Crippen molar-refractivity contribution >= 4 is 22.8 Å². The number of amides is 2. The standard InChI is InChI=1S/C16H20N8O/c1-2-24-11-22-23-14(24)9-19-16(25)18-8-7-17-15-12-5-3-4-6-13(12)20-10-21-15/h3-6,10-11H,2,7-9H2,1H3,(H,17,20,21)(H2,18,19,25). The lowest BCUT2D eigenvalue weighted by Crippen LogP contribution is -2.38. The minimum atomic E-state index is -0.250. The zero-order valence-corrected chi connectivity index (χ0v) is 13.9. The van der Waals surface area contributed by atoms with Crippen LogP contribution in [0.1, 0.15) is 12.7 Å². The Balaban J connectivity index is 1.43. The molecule has 2 heterocycles. The van der Waals surface area contributed by atoms with Crippen LogP contribution in [0, 0.1) is 0 Å². The molecule has 9 heteroatoms. The highest BCUT2D eigenvalue weighted by Gasteiger charge is 2.06. The zero-order valence-electron chi connectivity index (χ0n) is 13.9. The lowest BCUT2D eigenvalue weighted by Gasteiger charge is -2.10. The Labute approximate surface area is 144 Å². The van der Waals surface area contributed by atoms with Gasteiger partial charge in [0.15, 0.2) is 5.82 Å². The third-order valence-corrected chi connectivity index (χ3v) is 3.69. The lowest BCUT2D eigenvalue weighted by atomic mass is 10.2. The first-order valence-electron chi connectivity index (χ1n) is 8.10. The summed E-state index contributed by atoms with van der Waals surface area (Å²) in [5.41, 5.74) is 0.880. The largest absolute Gasteiger partial charge is 0.368 e. The van der Waals surface area contributed by atoms with Crippen LogP contribution < -0.4 is 16.0 Å². The van der Waals surface area contributed by atoms with Crippen LogP contribution in [-0.4, -0.2) is 43.9 Å². The van der Waals surface area contributed by atoms with Crippen LogP contribution >= 0.6 is 0 Å². The number of fused-ring (bicyclic) bond motifs is 1. The van der Waals surface area contributed by atoms with Gasteiger partial charge in [0.1, 0.15) is 18.5 Å². The molecule has 3 aromatic rings. The summed E-state index contributed by atoms with van der Waals surface area (Å²) in [4.78, 5) is 20.3. The first-order chi connectivity index (χ1) is 12.3. The van der Waals surface area contributed by atoms with Crippen molar-refractivity contribution in [2.24, 2.45) is 0 Å². The third-order valence-electron chi connectivity index (χ3n) is 3.69. The van der Waals surface area contributed by atoms with Crippen LogP contribution in [0.5, 0.6) is 0 Å². The topological polar surface area (TPSA) is 110 Å². The van der Waals surface area contributed by atoms with Gasteiger partial charge in [-0.25, -0.2) is 14.8 Å². The van der Waals surface area contributed by atoms with Crippen molar-refractivity contribution in [3.05, 3.63) is 42.7 Å². The van der Waals surface area contributed by atoms with E-state index in [1.807, 2.05) is 35.8 Å². The van der Waals surface area contributed by atoms with E-state index in [1.54, 1.807) is 6.33 Å². The summed E-state index contributed by atoms with van der Waals surface area (Å²) in [6.07, 6.45) is 3.17. The Hall–Kier alpha value is -3.23. The Morgan fingerprint density at radius 1 is 1.16 bits per heavy atom. The molecule has 0 radical (unpaired) electrons. The molecule has 0 unspecified atom stereocenters. The SMILES string of the molecule is CCn1cnnc1CNC(=O)NCCNc1ncnc2ccccc12. The van der Waals surface area contributed by atoms with Gasteiger partial charge in [0.2, 0.25) is 0 Å². The molecule has 3 N–H and O–H groups in total. The zero-order chi connectivity index (χ0) is 17.5. The highest BCUT2D eigenvalue weighted by Crippen LogP contribution is 2.17. The number of aromatic nitrogens is 5. The predicted octanol–water partition coefficient (Wildman–Crippen LogP) is 1.15. The fourth-order valence-corrected chi connectivity index (χ4v) is 2.40. The van der Waals surface area contributed by atoms with Gasteiger partial charge in [-0.05, 0) is 19.1 Å². The van der Waals surface area contributed by atoms with Gasteiger partial charge in [-0.2, -0.15) is 0 Å². The first kappa shape index (κ1) is 16.6. The summed E-state index contributed by atoms with van der Waals surface area (Å²) in [5.74, 6) is 1.48. The van der Waals surface area contributed by atoms with E-state index >= 15 is 0 Å². The van der Waals surface area contributed by atoms with Gasteiger partial charge in [0.25, 0.3) is 0 Å². The normalized spacial score (nSPS) is 10.6. The second kappa shape index (κ2) is 8.04. The van der Waals surface area contributed by atoms with Gasteiger partial charge in [-0.15, -0.1) is 10.2 Å². The number of aryl methyl sites for hydroxylation is 1. The summed E-state index contributed by atoms with van der Waals surface area (Å²) >= 11 is 0. The average Bonchev–Trinajstić information content (AvgIpc) is 3.11. The van der Waals surface area contributed by atoms with E-state index in [1.165, 1.54) is 6.33 Å². The van der Waals surface area contributed by atoms with Crippen molar-refractivity contribution < 1.29 is 4.79 Å². The summed E-state index contributed by atoms with van der Waals surface area (Å²) in [6.45, 7) is 4.12. The number of hydrogen-bond donors (Lipinski definition) is 3. The summed E-state index contributed by atoms with van der Waals surface area (Å²) < 4.78 is 1.88. The van der Waals surface area contributed by atoms with Crippen LogP contribution in [0.2, 0.25) is 0 Å². The molecular formula is C16H20N8O. The second-order valence-electron chi connectivity index (χ2n) is 5.31. The molecule has 3 rings (SSSR count). The number of para-hydroxylation sites is 1. The van der Waals surface area contributed by atoms with Gasteiger partial charge < -0.3 is 20.5 Å². The summed E-state index contributed by atoms with van der Waals surface area (Å²) in [6, 6.07) is 7.52. The number of urea groups is 1. The summed E-state index contributed by atoms with van der Waals surface area (Å²) in [7, 11) is 0. The molecule has 9 nitrogen and oxygen atoms in total. The molecule has 2 amide bonds. The molecule has 0 aliphatic rings. The molecule has 25 heavy (non-hydrogen) atoms.